The summed E-state index contributed by atoms with van der Waals surface area (Å²) in [6.07, 6.45) is 0. The van der Waals surface area contributed by atoms with E-state index in [2.05, 4.69) is 28.1 Å². The van der Waals surface area contributed by atoms with Crippen LogP contribution in [0.4, 0.5) is 0 Å². The van der Waals surface area contributed by atoms with Crippen molar-refractivity contribution in [2.24, 2.45) is 5.73 Å². The number of para-hydroxylation sites is 1. The van der Waals surface area contributed by atoms with Gasteiger partial charge in [0.25, 0.3) is 0 Å². The Labute approximate surface area is 133 Å². The summed E-state index contributed by atoms with van der Waals surface area (Å²) in [5, 5.41) is 0. The van der Waals surface area contributed by atoms with Crippen LogP contribution < -0.4 is 15.2 Å². The van der Waals surface area contributed by atoms with Crippen LogP contribution in [0.2, 0.25) is 0 Å². The zero-order chi connectivity index (χ0) is 15.0. The molecule has 0 bridgehead atoms. The van der Waals surface area contributed by atoms with Crippen LogP contribution in [-0.4, -0.2) is 13.7 Å². The summed E-state index contributed by atoms with van der Waals surface area (Å²) in [5.41, 5.74) is 9.83. The molecule has 3 nitrogen and oxygen atoms in total. The fourth-order valence-electron chi connectivity index (χ4n) is 2.81. The summed E-state index contributed by atoms with van der Waals surface area (Å²) in [5.74, 6) is 1.90. The van der Waals surface area contributed by atoms with E-state index in [1.165, 1.54) is 5.56 Å². The van der Waals surface area contributed by atoms with Gasteiger partial charge in [-0.2, -0.15) is 0 Å². The molecule has 2 unspecified atom stereocenters. The van der Waals surface area contributed by atoms with Crippen LogP contribution in [0.1, 0.15) is 28.7 Å². The Balaban J connectivity index is 2.00. The molecule has 1 heterocycles. The second kappa shape index (κ2) is 5.70. The van der Waals surface area contributed by atoms with Gasteiger partial charge in [-0.15, -0.1) is 0 Å². The molecule has 0 saturated carbocycles. The van der Waals surface area contributed by atoms with Gasteiger partial charge in [0.1, 0.15) is 11.5 Å². The van der Waals surface area contributed by atoms with E-state index in [9.17, 15) is 0 Å². The van der Waals surface area contributed by atoms with Crippen LogP contribution in [0.3, 0.4) is 0 Å². The molecule has 0 aromatic heterocycles. The first-order valence-electron chi connectivity index (χ1n) is 6.93. The monoisotopic (exact) mass is 347 g/mol. The SMILES string of the molecule is COc1cc(C)c(Br)cc1C(N)C1COc2ccccc21. The number of nitrogens with two attached hydrogens (primary N) is 1. The van der Waals surface area contributed by atoms with Crippen molar-refractivity contribution >= 4 is 15.9 Å². The van der Waals surface area contributed by atoms with E-state index in [-0.39, 0.29) is 12.0 Å². The summed E-state index contributed by atoms with van der Waals surface area (Å²) >= 11 is 3.58. The molecule has 2 N–H and O–H groups in total. The highest BCUT2D eigenvalue weighted by molar-refractivity contribution is 9.10. The van der Waals surface area contributed by atoms with Gasteiger partial charge in [0.2, 0.25) is 0 Å². The fourth-order valence-corrected chi connectivity index (χ4v) is 3.17. The second-order valence-electron chi connectivity index (χ2n) is 5.32. The predicted octanol–water partition coefficient (Wildman–Crippen LogP) is 3.94. The first-order valence-corrected chi connectivity index (χ1v) is 7.72. The van der Waals surface area contributed by atoms with Crippen molar-refractivity contribution in [1.29, 1.82) is 0 Å². The third kappa shape index (κ3) is 2.54. The Morgan fingerprint density at radius 1 is 1.33 bits per heavy atom. The number of ether oxygens (including phenoxy) is 2. The topological polar surface area (TPSA) is 44.5 Å². The molecule has 4 heteroatoms. The predicted molar refractivity (Wildman–Crippen MR) is 87.0 cm³/mol. The van der Waals surface area contributed by atoms with E-state index in [0.29, 0.717) is 6.61 Å². The minimum atomic E-state index is -0.166. The number of methoxy groups -OCH3 is 1. The number of aryl methyl sites for hydroxylation is 1. The number of halogens is 1. The van der Waals surface area contributed by atoms with Gasteiger partial charge >= 0.3 is 0 Å². The zero-order valence-electron chi connectivity index (χ0n) is 12.1. The molecule has 0 spiro atoms. The Morgan fingerprint density at radius 2 is 2.10 bits per heavy atom. The molecule has 3 rings (SSSR count). The lowest BCUT2D eigenvalue weighted by molar-refractivity contribution is 0.312. The quantitative estimate of drug-likeness (QED) is 0.914. The first kappa shape index (κ1) is 14.4. The molecule has 1 aliphatic heterocycles. The molecule has 110 valence electrons. The lowest BCUT2D eigenvalue weighted by Gasteiger charge is -2.22. The van der Waals surface area contributed by atoms with Crippen LogP contribution in [-0.2, 0) is 0 Å². The Bertz CT molecular complexity index is 672. The van der Waals surface area contributed by atoms with Gasteiger partial charge in [0.05, 0.1) is 13.7 Å². The van der Waals surface area contributed by atoms with E-state index in [1.54, 1.807) is 7.11 Å². The summed E-state index contributed by atoms with van der Waals surface area (Å²) in [4.78, 5) is 0. The first-order chi connectivity index (χ1) is 10.1. The van der Waals surface area contributed by atoms with Gasteiger partial charge in [-0.05, 0) is 30.7 Å². The molecule has 21 heavy (non-hydrogen) atoms. The molecule has 1 aliphatic rings. The summed E-state index contributed by atoms with van der Waals surface area (Å²) in [6, 6.07) is 12.0. The molecule has 0 radical (unpaired) electrons. The van der Waals surface area contributed by atoms with E-state index < -0.39 is 0 Å². The van der Waals surface area contributed by atoms with Gasteiger partial charge in [0.15, 0.2) is 0 Å². The van der Waals surface area contributed by atoms with Crippen molar-refractivity contribution in [2.75, 3.05) is 13.7 Å². The minimum absolute atomic E-state index is 0.143. The minimum Gasteiger partial charge on any atom is -0.496 e. The van der Waals surface area contributed by atoms with Gasteiger partial charge in [-0.25, -0.2) is 0 Å². The number of benzene rings is 2. The largest absolute Gasteiger partial charge is 0.496 e. The van der Waals surface area contributed by atoms with E-state index in [1.807, 2.05) is 31.2 Å². The van der Waals surface area contributed by atoms with Crippen LogP contribution >= 0.6 is 15.9 Å². The Hall–Kier alpha value is -1.52. The third-order valence-electron chi connectivity index (χ3n) is 4.04. The number of fused-ring (bicyclic) bond motifs is 1. The Morgan fingerprint density at radius 3 is 2.86 bits per heavy atom. The van der Waals surface area contributed by atoms with E-state index >= 15 is 0 Å². The van der Waals surface area contributed by atoms with Gasteiger partial charge in [-0.3, -0.25) is 0 Å². The number of hydrogen-bond acceptors (Lipinski definition) is 3. The highest BCUT2D eigenvalue weighted by Gasteiger charge is 2.31. The van der Waals surface area contributed by atoms with E-state index in [0.717, 1.165) is 27.1 Å². The van der Waals surface area contributed by atoms with Gasteiger partial charge in [0, 0.05) is 27.6 Å². The van der Waals surface area contributed by atoms with Crippen molar-refractivity contribution < 1.29 is 9.47 Å². The van der Waals surface area contributed by atoms with Crippen LogP contribution in [0, 0.1) is 6.92 Å². The molecular weight excluding hydrogens is 330 g/mol. The average Bonchev–Trinajstić information content (AvgIpc) is 2.92. The van der Waals surface area contributed by atoms with Crippen LogP contribution in [0.5, 0.6) is 11.5 Å². The van der Waals surface area contributed by atoms with Crippen LogP contribution in [0.25, 0.3) is 0 Å². The lowest BCUT2D eigenvalue weighted by Crippen LogP contribution is -2.21. The maximum Gasteiger partial charge on any atom is 0.123 e. The maximum absolute atomic E-state index is 6.53. The molecule has 0 fully saturated rings. The van der Waals surface area contributed by atoms with Gasteiger partial charge < -0.3 is 15.2 Å². The molecule has 0 saturated heterocycles. The third-order valence-corrected chi connectivity index (χ3v) is 4.89. The van der Waals surface area contributed by atoms with Crippen molar-refractivity contribution in [3.05, 3.63) is 57.6 Å². The zero-order valence-corrected chi connectivity index (χ0v) is 13.7. The lowest BCUT2D eigenvalue weighted by atomic mass is 9.88. The Kier molecular flexibility index (Phi) is 3.91. The molecule has 2 aromatic carbocycles. The highest BCUT2D eigenvalue weighted by Crippen LogP contribution is 2.43. The van der Waals surface area contributed by atoms with Crippen molar-refractivity contribution in [3.8, 4) is 11.5 Å². The van der Waals surface area contributed by atoms with Crippen molar-refractivity contribution in [1.82, 2.24) is 0 Å². The molecular formula is C17H18BrNO2. The number of hydrogen-bond donors (Lipinski definition) is 1. The normalized spacial score (nSPS) is 18.0. The molecule has 2 aromatic rings. The van der Waals surface area contributed by atoms with E-state index in [4.69, 9.17) is 15.2 Å². The number of rotatable bonds is 3. The van der Waals surface area contributed by atoms with Gasteiger partial charge in [-0.1, -0.05) is 34.1 Å². The molecule has 0 amide bonds. The smallest absolute Gasteiger partial charge is 0.123 e. The molecule has 2 atom stereocenters. The molecule has 0 aliphatic carbocycles. The summed E-state index contributed by atoms with van der Waals surface area (Å²) in [7, 11) is 1.68. The van der Waals surface area contributed by atoms with Crippen molar-refractivity contribution in [3.63, 3.8) is 0 Å². The summed E-state index contributed by atoms with van der Waals surface area (Å²) in [6.45, 7) is 2.64. The second-order valence-corrected chi connectivity index (χ2v) is 6.18. The van der Waals surface area contributed by atoms with Crippen molar-refractivity contribution in [2.45, 2.75) is 18.9 Å². The standard InChI is InChI=1S/C17H18BrNO2/c1-10-7-16(20-2)12(8-14(10)18)17(19)13-9-21-15-6-4-3-5-11(13)15/h3-8,13,17H,9,19H2,1-2H3. The average molecular weight is 348 g/mol. The maximum atomic E-state index is 6.53. The fraction of sp³-hybridized carbons (Fsp3) is 0.294. The summed E-state index contributed by atoms with van der Waals surface area (Å²) < 4.78 is 12.3. The highest BCUT2D eigenvalue weighted by atomic mass is 79.9. The van der Waals surface area contributed by atoms with Crippen LogP contribution in [0.15, 0.2) is 40.9 Å².